The largest absolute Gasteiger partial charge is 0.313 e. The van der Waals surface area contributed by atoms with Crippen LogP contribution in [0.3, 0.4) is 0 Å². The minimum Gasteiger partial charge on any atom is -0.313 e. The van der Waals surface area contributed by atoms with Gasteiger partial charge in [-0.2, -0.15) is 9.40 Å². The van der Waals surface area contributed by atoms with E-state index in [1.165, 1.54) is 6.20 Å². The molecule has 0 radical (unpaired) electrons. The van der Waals surface area contributed by atoms with Crippen LogP contribution in [0.4, 0.5) is 0 Å². The Morgan fingerprint density at radius 3 is 2.65 bits per heavy atom. The quantitative estimate of drug-likeness (QED) is 0.853. The zero-order chi connectivity index (χ0) is 14.6. The fourth-order valence-electron chi connectivity index (χ4n) is 2.32. The van der Waals surface area contributed by atoms with Gasteiger partial charge >= 0.3 is 0 Å². The highest BCUT2D eigenvalue weighted by atomic mass is 32.2. The van der Waals surface area contributed by atoms with Crippen molar-refractivity contribution in [2.24, 2.45) is 0 Å². The standard InChI is InChI=1S/C13H24N4O2S/c1-12(2)14-6-9-16-11-13(10-15-16)20(18,19)17-7-4-3-5-8-17/h10-12,14H,3-9H2,1-2H3. The van der Waals surface area contributed by atoms with Crippen LogP contribution in [0.25, 0.3) is 0 Å². The van der Waals surface area contributed by atoms with E-state index in [9.17, 15) is 8.42 Å². The molecule has 114 valence electrons. The van der Waals surface area contributed by atoms with Crippen LogP contribution in [0.5, 0.6) is 0 Å². The predicted molar refractivity (Wildman–Crippen MR) is 78.0 cm³/mol. The lowest BCUT2D eigenvalue weighted by Crippen LogP contribution is -2.35. The Morgan fingerprint density at radius 1 is 1.30 bits per heavy atom. The van der Waals surface area contributed by atoms with Crippen LogP contribution in [0.1, 0.15) is 33.1 Å². The van der Waals surface area contributed by atoms with Gasteiger partial charge in [-0.1, -0.05) is 20.3 Å². The van der Waals surface area contributed by atoms with Gasteiger partial charge in [0, 0.05) is 31.9 Å². The second-order valence-corrected chi connectivity index (χ2v) is 7.45. The Labute approximate surface area is 121 Å². The molecule has 0 unspecified atom stereocenters. The maximum absolute atomic E-state index is 12.4. The molecule has 0 aliphatic carbocycles. The zero-order valence-corrected chi connectivity index (χ0v) is 13.1. The number of hydrogen-bond donors (Lipinski definition) is 1. The molecule has 0 amide bonds. The fraction of sp³-hybridized carbons (Fsp3) is 0.769. The summed E-state index contributed by atoms with van der Waals surface area (Å²) in [5.41, 5.74) is 0. The summed E-state index contributed by atoms with van der Waals surface area (Å²) in [7, 11) is -3.35. The van der Waals surface area contributed by atoms with Crippen LogP contribution in [-0.2, 0) is 16.6 Å². The molecule has 7 heteroatoms. The van der Waals surface area contributed by atoms with E-state index in [4.69, 9.17) is 0 Å². The maximum atomic E-state index is 12.4. The van der Waals surface area contributed by atoms with Crippen molar-refractivity contribution >= 4 is 10.0 Å². The zero-order valence-electron chi connectivity index (χ0n) is 12.2. The van der Waals surface area contributed by atoms with Gasteiger partial charge in [-0.3, -0.25) is 4.68 Å². The van der Waals surface area contributed by atoms with Gasteiger partial charge in [0.15, 0.2) is 0 Å². The van der Waals surface area contributed by atoms with Crippen LogP contribution < -0.4 is 5.32 Å². The summed E-state index contributed by atoms with van der Waals surface area (Å²) >= 11 is 0. The van der Waals surface area contributed by atoms with E-state index in [0.717, 1.165) is 25.8 Å². The van der Waals surface area contributed by atoms with Crippen molar-refractivity contribution in [3.05, 3.63) is 12.4 Å². The monoisotopic (exact) mass is 300 g/mol. The van der Waals surface area contributed by atoms with Crippen LogP contribution >= 0.6 is 0 Å². The van der Waals surface area contributed by atoms with Crippen LogP contribution in [-0.4, -0.2) is 48.2 Å². The van der Waals surface area contributed by atoms with Crippen molar-refractivity contribution in [3.63, 3.8) is 0 Å². The van der Waals surface area contributed by atoms with Gasteiger partial charge in [-0.25, -0.2) is 8.42 Å². The Bertz CT molecular complexity index is 518. The molecule has 0 saturated carbocycles. The van der Waals surface area contributed by atoms with Crippen LogP contribution in [0.2, 0.25) is 0 Å². The topological polar surface area (TPSA) is 67.2 Å². The molecule has 1 N–H and O–H groups in total. The normalized spacial score (nSPS) is 17.8. The molecular formula is C13H24N4O2S. The van der Waals surface area contributed by atoms with Gasteiger partial charge in [-0.05, 0) is 12.8 Å². The maximum Gasteiger partial charge on any atom is 0.246 e. The number of aromatic nitrogens is 2. The minimum absolute atomic E-state index is 0.309. The van der Waals surface area contributed by atoms with E-state index in [0.29, 0.717) is 30.6 Å². The van der Waals surface area contributed by atoms with E-state index in [1.807, 2.05) is 0 Å². The lowest BCUT2D eigenvalue weighted by molar-refractivity contribution is 0.346. The van der Waals surface area contributed by atoms with Crippen molar-refractivity contribution in [3.8, 4) is 0 Å². The lowest BCUT2D eigenvalue weighted by Gasteiger charge is -2.25. The SMILES string of the molecule is CC(C)NCCn1cc(S(=O)(=O)N2CCCCC2)cn1. The van der Waals surface area contributed by atoms with E-state index < -0.39 is 10.0 Å². The van der Waals surface area contributed by atoms with Gasteiger partial charge in [0.2, 0.25) is 10.0 Å². The number of piperidine rings is 1. The molecule has 2 rings (SSSR count). The third-order valence-corrected chi connectivity index (χ3v) is 5.31. The van der Waals surface area contributed by atoms with E-state index >= 15 is 0 Å². The molecule has 1 fully saturated rings. The number of hydrogen-bond acceptors (Lipinski definition) is 4. The first-order chi connectivity index (χ1) is 9.50. The minimum atomic E-state index is -3.35. The molecule has 0 spiro atoms. The summed E-state index contributed by atoms with van der Waals surface area (Å²) in [6, 6.07) is 0.419. The first-order valence-electron chi connectivity index (χ1n) is 7.26. The van der Waals surface area contributed by atoms with Gasteiger partial charge in [0.1, 0.15) is 4.90 Å². The molecule has 20 heavy (non-hydrogen) atoms. The summed E-state index contributed by atoms with van der Waals surface area (Å²) in [5.74, 6) is 0. The molecule has 0 bridgehead atoms. The summed E-state index contributed by atoms with van der Waals surface area (Å²) in [5, 5.41) is 7.43. The lowest BCUT2D eigenvalue weighted by atomic mass is 10.2. The first-order valence-corrected chi connectivity index (χ1v) is 8.70. The van der Waals surface area contributed by atoms with Gasteiger partial charge in [-0.15, -0.1) is 0 Å². The Kier molecular flexibility index (Phi) is 5.17. The molecule has 1 saturated heterocycles. The van der Waals surface area contributed by atoms with Crippen LogP contribution in [0, 0.1) is 0 Å². The van der Waals surface area contributed by atoms with Gasteiger partial charge in [0.25, 0.3) is 0 Å². The fourth-order valence-corrected chi connectivity index (χ4v) is 3.79. The van der Waals surface area contributed by atoms with E-state index in [2.05, 4.69) is 24.3 Å². The number of sulfonamides is 1. The number of nitrogens with zero attached hydrogens (tertiary/aromatic N) is 3. The second-order valence-electron chi connectivity index (χ2n) is 5.51. The highest BCUT2D eigenvalue weighted by molar-refractivity contribution is 7.89. The molecule has 2 heterocycles. The summed E-state index contributed by atoms with van der Waals surface area (Å²) in [6.07, 6.45) is 6.11. The van der Waals surface area contributed by atoms with Crippen molar-refractivity contribution < 1.29 is 8.42 Å². The van der Waals surface area contributed by atoms with Gasteiger partial charge in [0.05, 0.1) is 12.7 Å². The molecule has 1 aromatic heterocycles. The molecule has 0 atom stereocenters. The molecular weight excluding hydrogens is 276 g/mol. The molecule has 1 aromatic rings. The Balaban J connectivity index is 2.00. The second kappa shape index (κ2) is 6.69. The highest BCUT2D eigenvalue weighted by Gasteiger charge is 2.27. The average Bonchev–Trinajstić information content (AvgIpc) is 2.89. The predicted octanol–water partition coefficient (Wildman–Crippen LogP) is 1.06. The van der Waals surface area contributed by atoms with E-state index in [1.54, 1.807) is 15.2 Å². The van der Waals surface area contributed by atoms with E-state index in [-0.39, 0.29) is 0 Å². The number of rotatable bonds is 6. The molecule has 1 aliphatic rings. The Hall–Kier alpha value is -0.920. The first kappa shape index (κ1) is 15.5. The molecule has 0 aromatic carbocycles. The van der Waals surface area contributed by atoms with Crippen molar-refractivity contribution in [2.45, 2.75) is 50.6 Å². The van der Waals surface area contributed by atoms with Crippen molar-refractivity contribution in [1.82, 2.24) is 19.4 Å². The smallest absolute Gasteiger partial charge is 0.246 e. The average molecular weight is 300 g/mol. The summed E-state index contributed by atoms with van der Waals surface area (Å²) in [6.45, 7) is 6.87. The highest BCUT2D eigenvalue weighted by Crippen LogP contribution is 2.19. The van der Waals surface area contributed by atoms with Crippen molar-refractivity contribution in [2.75, 3.05) is 19.6 Å². The van der Waals surface area contributed by atoms with Crippen LogP contribution in [0.15, 0.2) is 17.3 Å². The molecule has 6 nitrogen and oxygen atoms in total. The van der Waals surface area contributed by atoms with Gasteiger partial charge < -0.3 is 5.32 Å². The Morgan fingerprint density at radius 2 is 2.00 bits per heavy atom. The third kappa shape index (κ3) is 3.80. The summed E-state index contributed by atoms with van der Waals surface area (Å²) in [4.78, 5) is 0.309. The number of nitrogens with one attached hydrogen (secondary N) is 1. The summed E-state index contributed by atoms with van der Waals surface area (Å²) < 4.78 is 28.1. The molecule has 1 aliphatic heterocycles. The third-order valence-electron chi connectivity index (χ3n) is 3.46. The van der Waals surface area contributed by atoms with Crippen molar-refractivity contribution in [1.29, 1.82) is 0 Å².